The molecule has 0 radical (unpaired) electrons. The van der Waals surface area contributed by atoms with Crippen molar-refractivity contribution in [3.8, 4) is 0 Å². The Morgan fingerprint density at radius 3 is 2.24 bits per heavy atom. The van der Waals surface area contributed by atoms with E-state index in [9.17, 15) is 9.59 Å². The van der Waals surface area contributed by atoms with E-state index in [4.69, 9.17) is 0 Å². The number of hydrogen-bond acceptors (Lipinski definition) is 3. The predicted octanol–water partition coefficient (Wildman–Crippen LogP) is 3.48. The maximum absolute atomic E-state index is 12.6. The van der Waals surface area contributed by atoms with Crippen molar-refractivity contribution in [1.82, 2.24) is 5.32 Å². The zero-order valence-corrected chi connectivity index (χ0v) is 15.2. The number of imide groups is 1. The lowest BCUT2D eigenvalue weighted by molar-refractivity contribution is -0.124. The van der Waals surface area contributed by atoms with E-state index >= 15 is 0 Å². The van der Waals surface area contributed by atoms with Gasteiger partial charge in [0.05, 0.1) is 11.1 Å². The van der Waals surface area contributed by atoms with Crippen LogP contribution >= 0.6 is 0 Å². The quantitative estimate of drug-likeness (QED) is 0.800. The van der Waals surface area contributed by atoms with Gasteiger partial charge in [-0.3, -0.25) is 14.9 Å². The van der Waals surface area contributed by atoms with Crippen LogP contribution < -0.4 is 10.2 Å². The molecule has 1 atom stereocenters. The van der Waals surface area contributed by atoms with E-state index in [-0.39, 0.29) is 11.8 Å². The number of carbonyl (C=O) groups excluding carboxylic acids is 2. The molecule has 0 spiro atoms. The first-order chi connectivity index (χ1) is 11.7. The van der Waals surface area contributed by atoms with E-state index in [0.717, 1.165) is 22.5 Å². The molecule has 4 nitrogen and oxygen atoms in total. The zero-order chi connectivity index (χ0) is 18.1. The fourth-order valence-electron chi connectivity index (χ4n) is 4.80. The molecule has 2 aliphatic heterocycles. The second kappa shape index (κ2) is 4.72. The number of amides is 2. The third kappa shape index (κ3) is 1.72. The Labute approximate surface area is 147 Å². The molecule has 0 fully saturated rings. The van der Waals surface area contributed by atoms with Crippen LogP contribution in [0.3, 0.4) is 0 Å². The van der Waals surface area contributed by atoms with Crippen molar-refractivity contribution in [2.24, 2.45) is 5.41 Å². The molecule has 1 N–H and O–H groups in total. The molecule has 2 amide bonds. The number of fused-ring (bicyclic) bond motifs is 1. The van der Waals surface area contributed by atoms with Gasteiger partial charge in [-0.15, -0.1) is 0 Å². The summed E-state index contributed by atoms with van der Waals surface area (Å²) in [7, 11) is 0. The van der Waals surface area contributed by atoms with Crippen molar-refractivity contribution in [3.63, 3.8) is 0 Å². The van der Waals surface area contributed by atoms with Gasteiger partial charge < -0.3 is 4.90 Å². The lowest BCUT2D eigenvalue weighted by Crippen LogP contribution is -2.57. The Balaban J connectivity index is 2.03. The second-order valence-electron chi connectivity index (χ2n) is 7.73. The first-order valence-electron chi connectivity index (χ1n) is 8.57. The van der Waals surface area contributed by atoms with Gasteiger partial charge in [0.15, 0.2) is 0 Å². The summed E-state index contributed by atoms with van der Waals surface area (Å²) in [6.45, 7) is 10.3. The van der Waals surface area contributed by atoms with E-state index in [1.165, 1.54) is 0 Å². The van der Waals surface area contributed by atoms with E-state index in [2.05, 4.69) is 56.1 Å². The monoisotopic (exact) mass is 334 g/mol. The number of rotatable bonds is 1. The topological polar surface area (TPSA) is 49.4 Å². The highest BCUT2D eigenvalue weighted by Gasteiger charge is 2.60. The van der Waals surface area contributed by atoms with Crippen LogP contribution in [-0.2, 0) is 9.59 Å². The van der Waals surface area contributed by atoms with Crippen LogP contribution in [0.5, 0.6) is 0 Å². The van der Waals surface area contributed by atoms with Crippen molar-refractivity contribution in [2.45, 2.75) is 40.2 Å². The molecule has 0 aromatic heterocycles. The van der Waals surface area contributed by atoms with Crippen LogP contribution in [0.25, 0.3) is 0 Å². The number of nitrogens with zero attached hydrogens (tertiary/aromatic N) is 1. The highest BCUT2D eigenvalue weighted by Crippen LogP contribution is 2.58. The average molecular weight is 334 g/mol. The van der Waals surface area contributed by atoms with E-state index in [0.29, 0.717) is 11.1 Å². The number of allylic oxidation sites excluding steroid dienone is 1. The predicted molar refractivity (Wildman–Crippen MR) is 97.7 cm³/mol. The van der Waals surface area contributed by atoms with Gasteiger partial charge in [-0.25, -0.2) is 0 Å². The number of anilines is 1. The molecule has 1 aromatic carbocycles. The van der Waals surface area contributed by atoms with Gasteiger partial charge in [0.2, 0.25) is 0 Å². The normalized spacial score (nSPS) is 27.4. The minimum Gasteiger partial charge on any atom is -0.335 e. The smallest absolute Gasteiger partial charge is 0.258 e. The van der Waals surface area contributed by atoms with Crippen LogP contribution in [0.1, 0.15) is 34.6 Å². The summed E-state index contributed by atoms with van der Waals surface area (Å²) in [5.41, 5.74) is 4.40. The van der Waals surface area contributed by atoms with Gasteiger partial charge in [0.25, 0.3) is 11.8 Å². The summed E-state index contributed by atoms with van der Waals surface area (Å²) < 4.78 is 0. The van der Waals surface area contributed by atoms with Crippen LogP contribution in [0, 0.1) is 5.41 Å². The Bertz CT molecular complexity index is 918. The Hall–Kier alpha value is -2.62. The van der Waals surface area contributed by atoms with E-state index in [1.54, 1.807) is 0 Å². The lowest BCUT2D eigenvalue weighted by Gasteiger charge is -2.52. The Morgan fingerprint density at radius 1 is 0.960 bits per heavy atom. The van der Waals surface area contributed by atoms with Gasteiger partial charge >= 0.3 is 0 Å². The summed E-state index contributed by atoms with van der Waals surface area (Å²) >= 11 is 0. The van der Waals surface area contributed by atoms with E-state index in [1.807, 2.05) is 25.1 Å². The molecular weight excluding hydrogens is 312 g/mol. The highest BCUT2D eigenvalue weighted by atomic mass is 16.2. The Morgan fingerprint density at radius 2 is 1.60 bits per heavy atom. The molecule has 1 aliphatic carbocycles. The maximum atomic E-state index is 12.6. The largest absolute Gasteiger partial charge is 0.335 e. The number of hydrogen-bond donors (Lipinski definition) is 1. The minimum absolute atomic E-state index is 0.262. The van der Waals surface area contributed by atoms with Crippen LogP contribution in [0.2, 0.25) is 0 Å². The molecule has 1 unspecified atom stereocenters. The molecule has 2 heterocycles. The van der Waals surface area contributed by atoms with Crippen molar-refractivity contribution >= 4 is 17.5 Å². The summed E-state index contributed by atoms with van der Waals surface area (Å²) in [6.07, 6.45) is 2.16. The van der Waals surface area contributed by atoms with Gasteiger partial charge in [0.1, 0.15) is 0 Å². The molecule has 3 aliphatic rings. The summed E-state index contributed by atoms with van der Waals surface area (Å²) in [4.78, 5) is 27.3. The summed E-state index contributed by atoms with van der Waals surface area (Å²) in [6, 6.07) is 10.2. The Kier molecular flexibility index (Phi) is 3.00. The molecule has 4 rings (SSSR count). The number of carbonyl (C=O) groups is 2. The number of benzene rings is 1. The van der Waals surface area contributed by atoms with Crippen molar-refractivity contribution in [1.29, 1.82) is 0 Å². The lowest BCUT2D eigenvalue weighted by atomic mass is 9.59. The highest BCUT2D eigenvalue weighted by molar-refractivity contribution is 6.23. The second-order valence-corrected chi connectivity index (χ2v) is 7.73. The van der Waals surface area contributed by atoms with Crippen molar-refractivity contribution in [2.75, 3.05) is 4.90 Å². The fraction of sp³-hybridized carbons (Fsp3) is 0.333. The number of para-hydroxylation sites is 1. The average Bonchev–Trinajstić information content (AvgIpc) is 3.01. The molecule has 0 bridgehead atoms. The van der Waals surface area contributed by atoms with Crippen LogP contribution in [0.4, 0.5) is 5.69 Å². The maximum Gasteiger partial charge on any atom is 0.258 e. The molecule has 1 aromatic rings. The summed E-state index contributed by atoms with van der Waals surface area (Å²) in [5.74, 6) is -0.536. The number of nitrogens with one attached hydrogen (secondary N) is 1. The minimum atomic E-state index is -0.530. The van der Waals surface area contributed by atoms with Crippen molar-refractivity contribution < 1.29 is 9.59 Å². The van der Waals surface area contributed by atoms with Gasteiger partial charge in [-0.05, 0) is 50.1 Å². The third-order valence-electron chi connectivity index (χ3n) is 6.24. The van der Waals surface area contributed by atoms with Crippen molar-refractivity contribution in [3.05, 3.63) is 64.4 Å². The van der Waals surface area contributed by atoms with E-state index < -0.39 is 11.0 Å². The van der Waals surface area contributed by atoms with Crippen LogP contribution in [0.15, 0.2) is 64.4 Å². The summed E-state index contributed by atoms with van der Waals surface area (Å²) in [5, 5.41) is 2.49. The fourth-order valence-corrected chi connectivity index (χ4v) is 4.80. The van der Waals surface area contributed by atoms with Crippen LogP contribution in [-0.4, -0.2) is 17.4 Å². The zero-order valence-electron chi connectivity index (χ0n) is 15.2. The molecule has 128 valence electrons. The molecule has 0 saturated heterocycles. The third-order valence-corrected chi connectivity index (χ3v) is 6.24. The van der Waals surface area contributed by atoms with Gasteiger partial charge in [-0.1, -0.05) is 32.0 Å². The molecule has 4 heteroatoms. The first-order valence-corrected chi connectivity index (χ1v) is 8.57. The molecule has 0 saturated carbocycles. The standard InChI is InChI=1S/C21H22N2O2/c1-12-11-15-13(2)16-17(19(25)22-18(16)24)20(3,4)21(15,5)23(12)14-9-7-6-8-10-14/h6-11H,1-5H3,(H,22,24,25). The molecular formula is C21H22N2O2. The van der Waals surface area contributed by atoms with Gasteiger partial charge in [0, 0.05) is 22.4 Å². The van der Waals surface area contributed by atoms with Gasteiger partial charge in [-0.2, -0.15) is 0 Å². The first kappa shape index (κ1) is 15.9. The molecule has 25 heavy (non-hydrogen) atoms. The SMILES string of the molecule is CC1=CC2=C(C)C3=C(C(=O)NC3=O)C(C)(C)C2(C)N1c1ccccc1.